The molecule has 226 valence electrons. The Bertz CT molecular complexity index is 1580. The van der Waals surface area contributed by atoms with Crippen molar-refractivity contribution in [2.75, 3.05) is 19.3 Å². The highest BCUT2D eigenvalue weighted by Gasteiger charge is 2.50. The number of rotatable bonds is 6. The van der Waals surface area contributed by atoms with Gasteiger partial charge in [-0.05, 0) is 13.8 Å². The average molecular weight is 604 g/mol. The van der Waals surface area contributed by atoms with Gasteiger partial charge in [-0.15, -0.1) is 0 Å². The third-order valence-corrected chi connectivity index (χ3v) is 9.35. The van der Waals surface area contributed by atoms with Crippen LogP contribution in [0.3, 0.4) is 0 Å². The SMILES string of the molecule is CC1OC(O[C@H]2C[C@](O)([C@@H](C)O)Cc3c(O)c4c(c(O)c32)C(=O)c2ccccc2C4=O)CC(N2CC2)C1OS(C)(=O)=O. The molecule has 4 unspecified atom stereocenters. The van der Waals surface area contributed by atoms with Crippen molar-refractivity contribution >= 4 is 21.7 Å². The van der Waals surface area contributed by atoms with E-state index in [9.17, 15) is 38.4 Å². The highest BCUT2D eigenvalue weighted by molar-refractivity contribution is 7.86. The number of carbonyl (C=O) groups excluding carboxylic acids is 2. The van der Waals surface area contributed by atoms with Gasteiger partial charge >= 0.3 is 0 Å². The molecule has 2 aliphatic heterocycles. The van der Waals surface area contributed by atoms with Crippen molar-refractivity contribution in [3.63, 3.8) is 0 Å². The zero-order valence-electron chi connectivity index (χ0n) is 23.3. The molecule has 2 fully saturated rings. The molecule has 2 saturated heterocycles. The number of aromatic hydroxyl groups is 2. The smallest absolute Gasteiger partial charge is 0.264 e. The Morgan fingerprint density at radius 1 is 1.07 bits per heavy atom. The molecule has 7 atom stereocenters. The Balaban J connectivity index is 1.41. The Kier molecular flexibility index (Phi) is 7.00. The third kappa shape index (κ3) is 4.82. The van der Waals surface area contributed by atoms with Gasteiger partial charge in [0.25, 0.3) is 10.1 Å². The molecule has 0 saturated carbocycles. The molecule has 4 N–H and O–H groups in total. The van der Waals surface area contributed by atoms with Gasteiger partial charge in [0.1, 0.15) is 17.6 Å². The van der Waals surface area contributed by atoms with E-state index in [1.165, 1.54) is 19.1 Å². The van der Waals surface area contributed by atoms with Crippen molar-refractivity contribution in [2.24, 2.45) is 0 Å². The lowest BCUT2D eigenvalue weighted by molar-refractivity contribution is -0.253. The van der Waals surface area contributed by atoms with Crippen molar-refractivity contribution in [2.45, 2.75) is 75.5 Å². The number of fused-ring (bicyclic) bond motifs is 3. The minimum atomic E-state index is -3.78. The molecular weight excluding hydrogens is 570 g/mol. The fourth-order valence-electron chi connectivity index (χ4n) is 6.52. The van der Waals surface area contributed by atoms with Gasteiger partial charge in [-0.2, -0.15) is 8.42 Å². The van der Waals surface area contributed by atoms with Crippen molar-refractivity contribution < 1.29 is 52.1 Å². The van der Waals surface area contributed by atoms with Crippen molar-refractivity contribution in [1.29, 1.82) is 0 Å². The maximum absolute atomic E-state index is 13.5. The first-order chi connectivity index (χ1) is 19.7. The number of phenols is 2. The minimum Gasteiger partial charge on any atom is -0.507 e. The van der Waals surface area contributed by atoms with Crippen LogP contribution in [0.4, 0.5) is 0 Å². The van der Waals surface area contributed by atoms with Gasteiger partial charge in [0, 0.05) is 60.6 Å². The molecule has 2 aliphatic carbocycles. The van der Waals surface area contributed by atoms with Crippen LogP contribution < -0.4 is 0 Å². The Hall–Kier alpha value is -2.91. The lowest BCUT2D eigenvalue weighted by Gasteiger charge is -2.44. The zero-order chi connectivity index (χ0) is 30.3. The zero-order valence-corrected chi connectivity index (χ0v) is 24.1. The van der Waals surface area contributed by atoms with Crippen LogP contribution in [0.5, 0.6) is 11.5 Å². The summed E-state index contributed by atoms with van der Waals surface area (Å²) in [5.74, 6) is -2.41. The van der Waals surface area contributed by atoms with Gasteiger partial charge in [-0.1, -0.05) is 24.3 Å². The van der Waals surface area contributed by atoms with Crippen LogP contribution in [-0.4, -0.2) is 101 Å². The average Bonchev–Trinajstić information content (AvgIpc) is 3.75. The van der Waals surface area contributed by atoms with E-state index in [0.717, 1.165) is 19.3 Å². The lowest BCUT2D eigenvalue weighted by atomic mass is 9.71. The first kappa shape index (κ1) is 29.2. The molecule has 2 aromatic rings. The van der Waals surface area contributed by atoms with Crippen molar-refractivity contribution in [1.82, 2.24) is 4.90 Å². The molecule has 2 aromatic carbocycles. The van der Waals surface area contributed by atoms with Gasteiger partial charge < -0.3 is 29.9 Å². The summed E-state index contributed by atoms with van der Waals surface area (Å²) in [6, 6.07) is 5.74. The second kappa shape index (κ2) is 10.1. The van der Waals surface area contributed by atoms with Crippen LogP contribution in [0.25, 0.3) is 0 Å². The first-order valence-corrected chi connectivity index (χ1v) is 15.6. The maximum atomic E-state index is 13.5. The molecule has 6 rings (SSSR count). The summed E-state index contributed by atoms with van der Waals surface area (Å²) < 4.78 is 41.6. The number of phenolic OH excluding ortho intramolecular Hbond substituents is 2. The maximum Gasteiger partial charge on any atom is 0.264 e. The van der Waals surface area contributed by atoms with Crippen LogP contribution in [0.2, 0.25) is 0 Å². The van der Waals surface area contributed by atoms with E-state index in [2.05, 4.69) is 0 Å². The second-order valence-electron chi connectivity index (χ2n) is 11.7. The number of carbonyl (C=O) groups is 2. The molecule has 0 aromatic heterocycles. The van der Waals surface area contributed by atoms with Crippen LogP contribution in [-0.2, 0) is 30.2 Å². The third-order valence-electron chi connectivity index (χ3n) is 8.78. The number of ketones is 2. The summed E-state index contributed by atoms with van der Waals surface area (Å²) in [5.41, 5.74) is -2.38. The van der Waals surface area contributed by atoms with E-state index in [4.69, 9.17) is 13.7 Å². The number of hydrogen-bond donors (Lipinski definition) is 4. The van der Waals surface area contributed by atoms with Gasteiger partial charge in [0.2, 0.25) is 0 Å². The summed E-state index contributed by atoms with van der Waals surface area (Å²) in [7, 11) is -3.78. The van der Waals surface area contributed by atoms with Crippen LogP contribution in [0.15, 0.2) is 24.3 Å². The summed E-state index contributed by atoms with van der Waals surface area (Å²) in [4.78, 5) is 29.0. The minimum absolute atomic E-state index is 0.0175. The van der Waals surface area contributed by atoms with Crippen molar-refractivity contribution in [3.8, 4) is 11.5 Å². The van der Waals surface area contributed by atoms with Crippen LogP contribution >= 0.6 is 0 Å². The predicted octanol–water partition coefficient (Wildman–Crippen LogP) is 1.15. The van der Waals surface area contributed by atoms with Gasteiger partial charge in [-0.25, -0.2) is 0 Å². The first-order valence-electron chi connectivity index (χ1n) is 13.8. The largest absolute Gasteiger partial charge is 0.507 e. The number of benzene rings is 2. The molecule has 2 heterocycles. The number of aliphatic hydroxyl groups excluding tert-OH is 1. The normalized spacial score (nSPS) is 31.7. The van der Waals surface area contributed by atoms with Crippen molar-refractivity contribution in [3.05, 3.63) is 57.6 Å². The highest BCUT2D eigenvalue weighted by atomic mass is 32.2. The van der Waals surface area contributed by atoms with E-state index >= 15 is 0 Å². The molecule has 0 amide bonds. The summed E-state index contributed by atoms with van der Waals surface area (Å²) >= 11 is 0. The molecule has 13 heteroatoms. The summed E-state index contributed by atoms with van der Waals surface area (Å²) in [6.07, 6.45) is -4.33. The molecule has 4 aliphatic rings. The highest BCUT2D eigenvalue weighted by Crippen LogP contribution is 2.52. The van der Waals surface area contributed by atoms with E-state index in [1.54, 1.807) is 19.1 Å². The number of hydrogen-bond acceptors (Lipinski definition) is 12. The molecular formula is C29H33NO11S. The Labute approximate surface area is 242 Å². The van der Waals surface area contributed by atoms with E-state index in [0.29, 0.717) is 0 Å². The number of aliphatic hydroxyl groups is 2. The second-order valence-corrected chi connectivity index (χ2v) is 13.3. The quantitative estimate of drug-likeness (QED) is 0.180. The number of ether oxygens (including phenoxy) is 2. The van der Waals surface area contributed by atoms with Crippen LogP contribution in [0, 0.1) is 0 Å². The van der Waals surface area contributed by atoms with E-state index < -0.39 is 69.5 Å². The Morgan fingerprint density at radius 2 is 1.67 bits per heavy atom. The number of nitrogens with zero attached hydrogens (tertiary/aromatic N) is 1. The van der Waals surface area contributed by atoms with Gasteiger partial charge in [-0.3, -0.25) is 18.7 Å². The fourth-order valence-corrected chi connectivity index (χ4v) is 7.21. The van der Waals surface area contributed by atoms with Crippen LogP contribution in [0.1, 0.15) is 75.8 Å². The van der Waals surface area contributed by atoms with E-state index in [-0.39, 0.29) is 58.7 Å². The van der Waals surface area contributed by atoms with Gasteiger partial charge in [0.05, 0.1) is 41.3 Å². The predicted molar refractivity (Wildman–Crippen MR) is 146 cm³/mol. The van der Waals surface area contributed by atoms with Gasteiger partial charge in [0.15, 0.2) is 17.9 Å². The topological polar surface area (TPSA) is 180 Å². The molecule has 42 heavy (non-hydrogen) atoms. The fraction of sp³-hybridized carbons (Fsp3) is 0.517. The standard InChI is InChI=1S/C29H33NO11S/c1-13-28(41-42(3,37)38)18(30-8-9-30)10-20(39-13)40-19-12-29(36,14(2)31)11-17-21(19)27(35)23-22(26(17)34)24(32)15-6-4-5-7-16(15)25(23)33/h4-7,13-14,18-20,28,31,34-36H,8-12H2,1-3H3/t13?,14-,18?,19+,20?,28?,29+/m1/s1. The monoisotopic (exact) mass is 603 g/mol. The Morgan fingerprint density at radius 3 is 2.21 bits per heavy atom. The lowest BCUT2D eigenvalue weighted by Crippen LogP contribution is -2.53. The molecule has 0 spiro atoms. The summed E-state index contributed by atoms with van der Waals surface area (Å²) in [6.45, 7) is 4.51. The van der Waals surface area contributed by atoms with E-state index in [1.807, 2.05) is 4.90 Å². The molecule has 0 bridgehead atoms. The molecule has 0 radical (unpaired) electrons. The summed E-state index contributed by atoms with van der Waals surface area (Å²) in [5, 5.41) is 45.0. The molecule has 12 nitrogen and oxygen atoms in total.